The highest BCUT2D eigenvalue weighted by molar-refractivity contribution is 5.72. The SMILES string of the molecule is CC/C=C/C/C=C/C/C=C/C/C=C/CCCCCCCCCCCCC(=O)OCC(COCCC(C(=O)O)[N+](C)(C)C)OC(=O)CCC/C=C/C/C=C/C/C=C/CCCCCCCC. The lowest BCUT2D eigenvalue weighted by atomic mass is 10.1. The number of carbonyl (C=O) groups is 3. The van der Waals surface area contributed by atoms with Gasteiger partial charge in [-0.05, 0) is 83.5 Å². The number of ether oxygens (including phenoxy) is 3. The molecule has 366 valence electrons. The summed E-state index contributed by atoms with van der Waals surface area (Å²) >= 11 is 0. The van der Waals surface area contributed by atoms with Crippen LogP contribution in [0.25, 0.3) is 0 Å². The predicted molar refractivity (Wildman–Crippen MR) is 270 cm³/mol. The van der Waals surface area contributed by atoms with Gasteiger partial charge in [0, 0.05) is 19.3 Å². The minimum absolute atomic E-state index is 0.0360. The molecule has 0 bridgehead atoms. The number of hydrogen-bond donors (Lipinski definition) is 1. The maximum atomic E-state index is 12.8. The Balaban J connectivity index is 4.31. The highest BCUT2D eigenvalue weighted by Crippen LogP contribution is 2.14. The second-order valence-electron chi connectivity index (χ2n) is 18.0. The number of aliphatic carboxylic acids is 1. The van der Waals surface area contributed by atoms with Gasteiger partial charge < -0.3 is 23.8 Å². The molecule has 64 heavy (non-hydrogen) atoms. The summed E-state index contributed by atoms with van der Waals surface area (Å²) in [7, 11) is 5.51. The first-order valence-corrected chi connectivity index (χ1v) is 25.6. The third-order valence-electron chi connectivity index (χ3n) is 11.0. The van der Waals surface area contributed by atoms with Crippen molar-refractivity contribution in [3.8, 4) is 0 Å². The summed E-state index contributed by atoms with van der Waals surface area (Å²) in [6, 6.07) is -0.628. The third-order valence-corrected chi connectivity index (χ3v) is 11.0. The van der Waals surface area contributed by atoms with Gasteiger partial charge in [-0.2, -0.15) is 0 Å². The molecule has 2 atom stereocenters. The van der Waals surface area contributed by atoms with Gasteiger partial charge >= 0.3 is 17.9 Å². The molecule has 0 aromatic carbocycles. The standard InChI is InChI=1S/C56H95NO7/c1-6-8-10-12-14-16-18-20-22-24-25-26-27-28-29-31-32-34-36-38-40-42-44-46-54(58)63-51-52(50-62-49-48-53(56(60)61)57(3,4)5)64-55(59)47-45-43-41-39-37-35-33-30-23-21-19-17-15-13-11-9-7-2/h8,10,14,16,20-23,25-26,33,35,39,41,52-53H,6-7,9,11-13,15,17-19,24,27-32,34,36-38,40,42-51H2,1-5H3/p+1/b10-8+,16-14+,22-20+,23-21+,26-25+,35-33+,41-39+. The molecule has 0 spiro atoms. The van der Waals surface area contributed by atoms with Gasteiger partial charge in [-0.25, -0.2) is 4.79 Å². The van der Waals surface area contributed by atoms with Gasteiger partial charge in [0.1, 0.15) is 6.61 Å². The number of nitrogens with zero attached hydrogens (tertiary/aromatic N) is 1. The molecule has 8 nitrogen and oxygen atoms in total. The van der Waals surface area contributed by atoms with E-state index in [9.17, 15) is 19.5 Å². The molecule has 0 radical (unpaired) electrons. The molecular formula is C56H96NO7+. The van der Waals surface area contributed by atoms with Crippen LogP contribution in [0.4, 0.5) is 0 Å². The Kier molecular flexibility index (Phi) is 43.5. The molecule has 0 heterocycles. The molecule has 0 rings (SSSR count). The lowest BCUT2D eigenvalue weighted by Crippen LogP contribution is -2.50. The van der Waals surface area contributed by atoms with Crippen LogP contribution in [0.15, 0.2) is 85.1 Å². The molecule has 8 heteroatoms. The Labute approximate surface area is 393 Å². The number of likely N-dealkylation sites (N-methyl/N-ethyl adjacent to an activating group) is 1. The van der Waals surface area contributed by atoms with Crippen molar-refractivity contribution in [1.82, 2.24) is 0 Å². The zero-order chi connectivity index (χ0) is 47.0. The van der Waals surface area contributed by atoms with Crippen LogP contribution in [-0.2, 0) is 28.6 Å². The van der Waals surface area contributed by atoms with Crippen molar-refractivity contribution >= 4 is 17.9 Å². The summed E-state index contributed by atoms with van der Waals surface area (Å²) in [4.78, 5) is 37.1. The van der Waals surface area contributed by atoms with Crippen molar-refractivity contribution in [1.29, 1.82) is 0 Å². The Bertz CT molecular complexity index is 1320. The van der Waals surface area contributed by atoms with Crippen molar-refractivity contribution in [3.05, 3.63) is 85.1 Å². The number of unbranched alkanes of at least 4 members (excludes halogenated alkanes) is 17. The topological polar surface area (TPSA) is 99.1 Å². The van der Waals surface area contributed by atoms with Crippen LogP contribution in [0.1, 0.15) is 200 Å². The second kappa shape index (κ2) is 46.1. The molecule has 0 amide bonds. The van der Waals surface area contributed by atoms with Crippen LogP contribution in [0.2, 0.25) is 0 Å². The van der Waals surface area contributed by atoms with Crippen LogP contribution < -0.4 is 0 Å². The maximum Gasteiger partial charge on any atom is 0.362 e. The minimum Gasteiger partial charge on any atom is -0.477 e. The Morgan fingerprint density at radius 2 is 0.891 bits per heavy atom. The van der Waals surface area contributed by atoms with Gasteiger partial charge in [0.25, 0.3) is 0 Å². The highest BCUT2D eigenvalue weighted by atomic mass is 16.6. The molecule has 0 aromatic rings. The summed E-state index contributed by atoms with van der Waals surface area (Å²) in [6.45, 7) is 4.56. The van der Waals surface area contributed by atoms with Crippen molar-refractivity contribution in [2.45, 2.75) is 212 Å². The van der Waals surface area contributed by atoms with Crippen LogP contribution in [-0.4, -0.2) is 80.6 Å². The molecule has 1 N–H and O–H groups in total. The van der Waals surface area contributed by atoms with E-state index in [0.717, 1.165) is 64.2 Å². The highest BCUT2D eigenvalue weighted by Gasteiger charge is 2.31. The van der Waals surface area contributed by atoms with E-state index in [-0.39, 0.29) is 42.7 Å². The van der Waals surface area contributed by atoms with Crippen molar-refractivity contribution in [2.75, 3.05) is 41.0 Å². The lowest BCUT2D eigenvalue weighted by Gasteiger charge is -2.31. The molecule has 0 fully saturated rings. The summed E-state index contributed by atoms with van der Waals surface area (Å²) in [5.74, 6) is -1.54. The molecule has 0 aliphatic carbocycles. The number of carbonyl (C=O) groups excluding carboxylic acids is 2. The van der Waals surface area contributed by atoms with Crippen LogP contribution in [0.3, 0.4) is 0 Å². The summed E-state index contributed by atoms with van der Waals surface area (Å²) in [5.41, 5.74) is 0. The smallest absolute Gasteiger partial charge is 0.362 e. The average molecular weight is 895 g/mol. The number of allylic oxidation sites excluding steroid dienone is 14. The van der Waals surface area contributed by atoms with Crippen molar-refractivity contribution < 1.29 is 38.2 Å². The van der Waals surface area contributed by atoms with Crippen LogP contribution >= 0.6 is 0 Å². The number of carboxylic acids is 1. The van der Waals surface area contributed by atoms with Gasteiger partial charge in [-0.3, -0.25) is 9.59 Å². The lowest BCUT2D eigenvalue weighted by molar-refractivity contribution is -0.887. The van der Waals surface area contributed by atoms with Crippen LogP contribution in [0.5, 0.6) is 0 Å². The molecular weight excluding hydrogens is 799 g/mol. The van der Waals surface area contributed by atoms with Gasteiger partial charge in [-0.1, -0.05) is 182 Å². The number of rotatable bonds is 45. The van der Waals surface area contributed by atoms with Crippen LogP contribution in [0, 0.1) is 0 Å². The number of hydrogen-bond acceptors (Lipinski definition) is 6. The largest absolute Gasteiger partial charge is 0.477 e. The van der Waals surface area contributed by atoms with E-state index in [1.807, 2.05) is 21.1 Å². The van der Waals surface area contributed by atoms with E-state index in [1.54, 1.807) is 0 Å². The Morgan fingerprint density at radius 1 is 0.484 bits per heavy atom. The monoisotopic (exact) mass is 895 g/mol. The second-order valence-corrected chi connectivity index (χ2v) is 18.0. The maximum absolute atomic E-state index is 12.8. The minimum atomic E-state index is -0.885. The Morgan fingerprint density at radius 3 is 1.34 bits per heavy atom. The quantitative estimate of drug-likeness (QED) is 0.0281. The molecule has 0 aliphatic rings. The zero-order valence-electron chi connectivity index (χ0n) is 41.7. The van der Waals surface area contributed by atoms with E-state index < -0.39 is 18.1 Å². The summed E-state index contributed by atoms with van der Waals surface area (Å²) in [5, 5.41) is 9.65. The first-order valence-electron chi connectivity index (χ1n) is 25.6. The van der Waals surface area contributed by atoms with E-state index in [4.69, 9.17) is 14.2 Å². The van der Waals surface area contributed by atoms with Gasteiger partial charge in [0.15, 0.2) is 12.1 Å². The van der Waals surface area contributed by atoms with E-state index in [2.05, 4.69) is 98.9 Å². The van der Waals surface area contributed by atoms with E-state index >= 15 is 0 Å². The number of carboxylic acid groups (broad SMARTS) is 1. The van der Waals surface area contributed by atoms with E-state index in [1.165, 1.54) is 96.3 Å². The average Bonchev–Trinajstić information content (AvgIpc) is 3.26. The van der Waals surface area contributed by atoms with Gasteiger partial charge in [0.2, 0.25) is 0 Å². The number of esters is 2. The first-order chi connectivity index (χ1) is 31.1. The van der Waals surface area contributed by atoms with Gasteiger partial charge in [0.05, 0.1) is 34.4 Å². The van der Waals surface area contributed by atoms with Crippen molar-refractivity contribution in [3.63, 3.8) is 0 Å². The third kappa shape index (κ3) is 43.7. The first kappa shape index (κ1) is 60.5. The van der Waals surface area contributed by atoms with Crippen molar-refractivity contribution in [2.24, 2.45) is 0 Å². The molecule has 0 saturated heterocycles. The fraction of sp³-hybridized carbons (Fsp3) is 0.696. The van der Waals surface area contributed by atoms with Gasteiger partial charge in [-0.15, -0.1) is 0 Å². The Hall–Kier alpha value is -3.49. The molecule has 0 aliphatic heterocycles. The molecule has 0 aromatic heterocycles. The zero-order valence-corrected chi connectivity index (χ0v) is 41.7. The molecule has 2 unspecified atom stereocenters. The summed E-state index contributed by atoms with van der Waals surface area (Å²) in [6.07, 6.45) is 60.7. The molecule has 0 saturated carbocycles. The normalized spacial score (nSPS) is 13.6. The fourth-order valence-corrected chi connectivity index (χ4v) is 7.10. The number of quaternary nitrogens is 1. The fourth-order valence-electron chi connectivity index (χ4n) is 7.10. The predicted octanol–water partition coefficient (Wildman–Crippen LogP) is 14.9. The van der Waals surface area contributed by atoms with E-state index in [0.29, 0.717) is 19.3 Å². The summed E-state index contributed by atoms with van der Waals surface area (Å²) < 4.78 is 17.3.